The van der Waals surface area contributed by atoms with Crippen molar-refractivity contribution in [1.29, 1.82) is 0 Å². The van der Waals surface area contributed by atoms with Crippen LogP contribution in [0.25, 0.3) is 21.3 Å². The summed E-state index contributed by atoms with van der Waals surface area (Å²) in [5.41, 5.74) is 12.4. The Balaban J connectivity index is 1.50. The number of anilines is 2. The number of hydrogen-bond acceptors (Lipinski definition) is 7. The quantitative estimate of drug-likeness (QED) is 0.219. The molecule has 0 spiro atoms. The lowest BCUT2D eigenvalue weighted by molar-refractivity contribution is 0.0380. The molecule has 3 N–H and O–H groups in total. The molecule has 36 heavy (non-hydrogen) atoms. The number of pyridine rings is 1. The van der Waals surface area contributed by atoms with Gasteiger partial charge in [0.25, 0.3) is 5.91 Å². The van der Waals surface area contributed by atoms with E-state index in [1.807, 2.05) is 36.6 Å². The maximum atomic E-state index is 13.4. The van der Waals surface area contributed by atoms with Gasteiger partial charge >= 0.3 is 5.97 Å². The molecule has 5 rings (SSSR count). The van der Waals surface area contributed by atoms with Crippen LogP contribution in [-0.2, 0) is 17.6 Å². The first-order valence-corrected chi connectivity index (χ1v) is 13.9. The van der Waals surface area contributed by atoms with Crippen molar-refractivity contribution in [1.82, 2.24) is 4.98 Å². The maximum absolute atomic E-state index is 13.4. The zero-order chi connectivity index (χ0) is 25.4. The zero-order valence-corrected chi connectivity index (χ0v) is 22.3. The number of ether oxygens (including phenoxy) is 1. The van der Waals surface area contributed by atoms with Gasteiger partial charge < -0.3 is 15.8 Å². The molecule has 0 atom stereocenters. The van der Waals surface area contributed by atoms with E-state index in [4.69, 9.17) is 15.5 Å². The van der Waals surface area contributed by atoms with E-state index in [0.29, 0.717) is 21.1 Å². The Morgan fingerprint density at radius 3 is 2.61 bits per heavy atom. The Morgan fingerprint density at radius 1 is 1.11 bits per heavy atom. The monoisotopic (exact) mass is 519 g/mol. The zero-order valence-electron chi connectivity index (χ0n) is 20.6. The number of rotatable bonds is 5. The fourth-order valence-electron chi connectivity index (χ4n) is 4.54. The molecule has 0 aliphatic heterocycles. The summed E-state index contributed by atoms with van der Waals surface area (Å²) in [6.07, 6.45) is 5.16. The number of nitrogen functional groups attached to an aromatic ring is 1. The van der Waals surface area contributed by atoms with E-state index >= 15 is 0 Å². The number of aryl methyl sites for hydroxylation is 3. The highest BCUT2D eigenvalue weighted by Crippen LogP contribution is 2.39. The second kappa shape index (κ2) is 10.0. The molecular weight excluding hydrogens is 490 g/mol. The number of esters is 1. The number of amides is 1. The van der Waals surface area contributed by atoms with Gasteiger partial charge in [-0.1, -0.05) is 36.2 Å². The Labute approximate surface area is 218 Å². The number of nitrogens with zero attached hydrogens (tertiary/aromatic N) is 1. The number of nitrogens with two attached hydrogens (primary N) is 1. The van der Waals surface area contributed by atoms with Crippen LogP contribution in [0, 0.1) is 6.92 Å². The highest BCUT2D eigenvalue weighted by Gasteiger charge is 2.26. The summed E-state index contributed by atoms with van der Waals surface area (Å²) < 4.78 is 5.53. The third kappa shape index (κ3) is 4.75. The average molecular weight is 520 g/mol. The molecule has 1 aromatic carbocycles. The molecule has 3 heterocycles. The van der Waals surface area contributed by atoms with E-state index in [9.17, 15) is 9.59 Å². The minimum atomic E-state index is -0.466. The van der Waals surface area contributed by atoms with Crippen LogP contribution in [-0.4, -0.2) is 23.0 Å². The third-order valence-corrected chi connectivity index (χ3v) is 8.39. The van der Waals surface area contributed by atoms with Crippen molar-refractivity contribution in [2.24, 2.45) is 0 Å². The number of carbonyl (C=O) groups is 2. The Bertz CT molecular complexity index is 1450. The van der Waals surface area contributed by atoms with Crippen LogP contribution in [0.3, 0.4) is 0 Å². The first-order valence-electron chi connectivity index (χ1n) is 12.2. The van der Waals surface area contributed by atoms with Crippen LogP contribution in [0.15, 0.2) is 35.7 Å². The molecule has 0 radical (unpaired) electrons. The molecule has 186 valence electrons. The summed E-state index contributed by atoms with van der Waals surface area (Å²) in [6, 6.07) is 10.0. The first-order chi connectivity index (χ1) is 17.3. The molecule has 1 amide bonds. The van der Waals surface area contributed by atoms with Gasteiger partial charge in [-0.2, -0.15) is 0 Å². The second-order valence-electron chi connectivity index (χ2n) is 9.48. The maximum Gasteiger partial charge on any atom is 0.342 e. The second-order valence-corrected chi connectivity index (χ2v) is 11.4. The minimum absolute atomic E-state index is 0.286. The summed E-state index contributed by atoms with van der Waals surface area (Å²) in [4.78, 5) is 32.6. The van der Waals surface area contributed by atoms with Gasteiger partial charge in [0.1, 0.15) is 20.3 Å². The van der Waals surface area contributed by atoms with Crippen LogP contribution >= 0.6 is 22.7 Å². The molecule has 8 heteroatoms. The molecule has 0 saturated heterocycles. The molecular formula is C28H29N3O3S2. The topological polar surface area (TPSA) is 94.3 Å². The fraction of sp³-hybridized carbons (Fsp3) is 0.321. The first kappa shape index (κ1) is 24.5. The number of nitrogens with one attached hydrogen (secondary N) is 1. The number of fused-ring (bicyclic) bond motifs is 2. The summed E-state index contributed by atoms with van der Waals surface area (Å²) >= 11 is 2.61. The SMILES string of the molecule is Cc1ccc(-c2csc(NC(=O)c3sc4nc5c(cc4c3N)CCCCC5)c2C(=O)OC(C)C)cc1. The summed E-state index contributed by atoms with van der Waals surface area (Å²) in [7, 11) is 0. The highest BCUT2D eigenvalue weighted by atomic mass is 32.1. The van der Waals surface area contributed by atoms with Gasteiger partial charge in [-0.25, -0.2) is 9.78 Å². The van der Waals surface area contributed by atoms with Gasteiger partial charge in [-0.3, -0.25) is 4.79 Å². The Kier molecular flexibility index (Phi) is 6.81. The van der Waals surface area contributed by atoms with Crippen LogP contribution in [0.5, 0.6) is 0 Å². The van der Waals surface area contributed by atoms with E-state index in [1.165, 1.54) is 34.7 Å². The number of thiophene rings is 2. The standard InChI is InChI=1S/C28H29N3O3S2/c1-15(2)34-28(33)22-20(17-11-9-16(3)10-12-17)14-35-27(22)31-25(32)24-23(29)19-13-18-7-5-4-6-8-21(18)30-26(19)36-24/h9-15H,4-8,29H2,1-3H3,(H,31,32). The molecule has 4 aromatic rings. The van der Waals surface area contributed by atoms with Crippen molar-refractivity contribution < 1.29 is 14.3 Å². The lowest BCUT2D eigenvalue weighted by Gasteiger charge is -2.12. The van der Waals surface area contributed by atoms with Crippen molar-refractivity contribution in [2.45, 2.75) is 59.0 Å². The summed E-state index contributed by atoms with van der Waals surface area (Å²) in [6.45, 7) is 5.63. The molecule has 0 bridgehead atoms. The predicted octanol–water partition coefficient (Wildman–Crippen LogP) is 7.00. The number of aromatic nitrogens is 1. The van der Waals surface area contributed by atoms with Crippen molar-refractivity contribution in [3.63, 3.8) is 0 Å². The normalized spacial score (nSPS) is 13.4. The van der Waals surface area contributed by atoms with Crippen molar-refractivity contribution in [3.05, 3.63) is 63.0 Å². The summed E-state index contributed by atoms with van der Waals surface area (Å²) in [5, 5.41) is 6.10. The van der Waals surface area contributed by atoms with Gasteiger partial charge in [0, 0.05) is 22.0 Å². The van der Waals surface area contributed by atoms with Crippen LogP contribution in [0.4, 0.5) is 10.7 Å². The molecule has 1 aliphatic rings. The fourth-order valence-corrected chi connectivity index (χ4v) is 6.48. The number of benzene rings is 1. The lowest BCUT2D eigenvalue weighted by atomic mass is 10.0. The van der Waals surface area contributed by atoms with E-state index < -0.39 is 5.97 Å². The molecule has 6 nitrogen and oxygen atoms in total. The predicted molar refractivity (Wildman–Crippen MR) is 148 cm³/mol. The van der Waals surface area contributed by atoms with Crippen LogP contribution in [0.1, 0.15) is 70.0 Å². The molecule has 0 fully saturated rings. The van der Waals surface area contributed by atoms with Crippen molar-refractivity contribution in [2.75, 3.05) is 11.1 Å². The van der Waals surface area contributed by atoms with Gasteiger partial charge in [0.05, 0.1) is 11.8 Å². The van der Waals surface area contributed by atoms with Gasteiger partial charge in [0.15, 0.2) is 0 Å². The third-order valence-electron chi connectivity index (χ3n) is 6.38. The van der Waals surface area contributed by atoms with Crippen molar-refractivity contribution in [3.8, 4) is 11.1 Å². The minimum Gasteiger partial charge on any atom is -0.459 e. The molecule has 0 saturated carbocycles. The largest absolute Gasteiger partial charge is 0.459 e. The Hall–Kier alpha value is -3.23. The summed E-state index contributed by atoms with van der Waals surface area (Å²) in [5.74, 6) is -0.812. The van der Waals surface area contributed by atoms with Gasteiger partial charge in [-0.15, -0.1) is 22.7 Å². The van der Waals surface area contributed by atoms with Crippen LogP contribution < -0.4 is 11.1 Å². The van der Waals surface area contributed by atoms with Crippen molar-refractivity contribution >= 4 is 55.5 Å². The average Bonchev–Trinajstić information content (AvgIpc) is 3.30. The van der Waals surface area contributed by atoms with Gasteiger partial charge in [0.2, 0.25) is 0 Å². The van der Waals surface area contributed by atoms with Crippen LogP contribution in [0.2, 0.25) is 0 Å². The highest BCUT2D eigenvalue weighted by molar-refractivity contribution is 7.21. The Morgan fingerprint density at radius 2 is 1.86 bits per heavy atom. The van der Waals surface area contributed by atoms with E-state index in [1.54, 1.807) is 13.8 Å². The number of carbonyl (C=O) groups excluding carboxylic acids is 2. The number of hydrogen-bond donors (Lipinski definition) is 2. The van der Waals surface area contributed by atoms with Gasteiger partial charge in [-0.05, 0) is 63.6 Å². The van der Waals surface area contributed by atoms with E-state index in [-0.39, 0.29) is 12.0 Å². The van der Waals surface area contributed by atoms with E-state index in [0.717, 1.165) is 58.3 Å². The molecule has 1 aliphatic carbocycles. The lowest BCUT2D eigenvalue weighted by Crippen LogP contribution is -2.16. The molecule has 0 unspecified atom stereocenters. The van der Waals surface area contributed by atoms with E-state index in [2.05, 4.69) is 11.4 Å². The smallest absolute Gasteiger partial charge is 0.342 e. The molecule has 3 aromatic heterocycles.